The molecular weight excluding hydrogens is 304 g/mol. The molecule has 24 heavy (non-hydrogen) atoms. The molecule has 0 spiro atoms. The van der Waals surface area contributed by atoms with Crippen molar-refractivity contribution in [3.05, 3.63) is 42.1 Å². The largest absolute Gasteiger partial charge is 0.497 e. The van der Waals surface area contributed by atoms with E-state index >= 15 is 0 Å². The molecule has 1 aliphatic heterocycles. The molecule has 6 heteroatoms. The molecule has 1 saturated heterocycles. The van der Waals surface area contributed by atoms with Crippen LogP contribution in [-0.2, 0) is 4.74 Å². The van der Waals surface area contributed by atoms with Crippen molar-refractivity contribution in [2.75, 3.05) is 38.3 Å². The Bertz CT molecular complexity index is 869. The lowest BCUT2D eigenvalue weighted by atomic mass is 10.1. The highest BCUT2D eigenvalue weighted by atomic mass is 16.5. The number of methoxy groups -OCH3 is 1. The van der Waals surface area contributed by atoms with Crippen LogP contribution in [0.3, 0.4) is 0 Å². The molecule has 0 atom stereocenters. The van der Waals surface area contributed by atoms with Gasteiger partial charge in [0.15, 0.2) is 5.65 Å². The Morgan fingerprint density at radius 1 is 1.12 bits per heavy atom. The molecule has 1 aromatic carbocycles. The fourth-order valence-electron chi connectivity index (χ4n) is 3.02. The number of rotatable bonds is 3. The van der Waals surface area contributed by atoms with Gasteiger partial charge < -0.3 is 14.4 Å². The molecule has 3 heterocycles. The van der Waals surface area contributed by atoms with E-state index < -0.39 is 0 Å². The number of hydrogen-bond donors (Lipinski definition) is 0. The second-order valence-electron chi connectivity index (χ2n) is 5.89. The minimum atomic E-state index is 0.743. The van der Waals surface area contributed by atoms with Crippen molar-refractivity contribution in [2.24, 2.45) is 0 Å². The zero-order valence-corrected chi connectivity index (χ0v) is 13.9. The van der Waals surface area contributed by atoms with Gasteiger partial charge in [0, 0.05) is 36.5 Å². The molecule has 6 nitrogen and oxygen atoms in total. The van der Waals surface area contributed by atoms with Gasteiger partial charge in [-0.1, -0.05) is 12.1 Å². The highest BCUT2D eigenvalue weighted by Crippen LogP contribution is 2.26. The lowest BCUT2D eigenvalue weighted by molar-refractivity contribution is 0.122. The smallest absolute Gasteiger partial charge is 0.158 e. The van der Waals surface area contributed by atoms with Crippen molar-refractivity contribution >= 4 is 11.5 Å². The molecule has 1 aliphatic rings. The van der Waals surface area contributed by atoms with Crippen molar-refractivity contribution in [1.82, 2.24) is 14.6 Å². The second kappa shape index (κ2) is 6.13. The summed E-state index contributed by atoms with van der Waals surface area (Å²) in [6.45, 7) is 5.24. The number of hydrogen-bond acceptors (Lipinski definition) is 5. The van der Waals surface area contributed by atoms with E-state index in [4.69, 9.17) is 14.6 Å². The first-order chi connectivity index (χ1) is 11.7. The van der Waals surface area contributed by atoms with Crippen LogP contribution in [-0.4, -0.2) is 48.0 Å². The lowest BCUT2D eigenvalue weighted by Crippen LogP contribution is -2.37. The van der Waals surface area contributed by atoms with Crippen LogP contribution in [0.5, 0.6) is 5.75 Å². The van der Waals surface area contributed by atoms with Crippen molar-refractivity contribution in [2.45, 2.75) is 6.92 Å². The van der Waals surface area contributed by atoms with Gasteiger partial charge in [0.05, 0.1) is 26.0 Å². The summed E-state index contributed by atoms with van der Waals surface area (Å²) >= 11 is 0. The maximum atomic E-state index is 5.46. The molecule has 4 rings (SSSR count). The Hall–Kier alpha value is -2.60. The molecular formula is C18H20N4O2. The van der Waals surface area contributed by atoms with Gasteiger partial charge in [-0.25, -0.2) is 4.98 Å². The fourth-order valence-corrected chi connectivity index (χ4v) is 3.02. The van der Waals surface area contributed by atoms with Gasteiger partial charge in [0.25, 0.3) is 0 Å². The van der Waals surface area contributed by atoms with Crippen molar-refractivity contribution < 1.29 is 9.47 Å². The fraction of sp³-hybridized carbons (Fsp3) is 0.333. The van der Waals surface area contributed by atoms with Crippen LogP contribution in [0, 0.1) is 6.92 Å². The average Bonchev–Trinajstić information content (AvgIpc) is 3.05. The van der Waals surface area contributed by atoms with E-state index in [-0.39, 0.29) is 0 Å². The Kier molecular flexibility index (Phi) is 3.82. The third kappa shape index (κ3) is 2.69. The standard InChI is InChI=1S/C18H20N4O2/c1-13-10-18(21-6-8-24-9-7-21)22-17(19-13)12-16(20-22)14-4-3-5-15(11-14)23-2/h3-5,10-12H,6-9H2,1-2H3. The summed E-state index contributed by atoms with van der Waals surface area (Å²) in [7, 11) is 1.67. The topological polar surface area (TPSA) is 51.9 Å². The summed E-state index contributed by atoms with van der Waals surface area (Å²) in [5, 5.41) is 4.79. The monoisotopic (exact) mass is 324 g/mol. The van der Waals surface area contributed by atoms with Gasteiger partial charge in [-0.05, 0) is 19.1 Å². The Morgan fingerprint density at radius 2 is 1.96 bits per heavy atom. The van der Waals surface area contributed by atoms with Gasteiger partial charge in [0.1, 0.15) is 11.6 Å². The number of fused-ring (bicyclic) bond motifs is 1. The maximum Gasteiger partial charge on any atom is 0.158 e. The third-order valence-corrected chi connectivity index (χ3v) is 4.24. The number of morpholine rings is 1. The van der Waals surface area contributed by atoms with Crippen molar-refractivity contribution in [3.8, 4) is 17.0 Å². The predicted octanol–water partition coefficient (Wildman–Crippen LogP) is 2.55. The van der Waals surface area contributed by atoms with E-state index in [0.29, 0.717) is 0 Å². The van der Waals surface area contributed by atoms with Crippen LogP contribution in [0.4, 0.5) is 5.82 Å². The third-order valence-electron chi connectivity index (χ3n) is 4.24. The van der Waals surface area contributed by atoms with Gasteiger partial charge in [-0.3, -0.25) is 0 Å². The van der Waals surface area contributed by atoms with E-state index in [0.717, 1.165) is 60.5 Å². The van der Waals surface area contributed by atoms with Gasteiger partial charge >= 0.3 is 0 Å². The minimum absolute atomic E-state index is 0.743. The average molecular weight is 324 g/mol. The molecule has 3 aromatic rings. The predicted molar refractivity (Wildman–Crippen MR) is 92.7 cm³/mol. The summed E-state index contributed by atoms with van der Waals surface area (Å²) < 4.78 is 12.7. The minimum Gasteiger partial charge on any atom is -0.497 e. The van der Waals surface area contributed by atoms with E-state index in [9.17, 15) is 0 Å². The van der Waals surface area contributed by atoms with E-state index in [2.05, 4.69) is 16.0 Å². The number of benzene rings is 1. The van der Waals surface area contributed by atoms with Crippen molar-refractivity contribution in [1.29, 1.82) is 0 Å². The normalized spacial score (nSPS) is 15.0. The summed E-state index contributed by atoms with van der Waals surface area (Å²) in [5.41, 5.74) is 3.75. The SMILES string of the molecule is COc1cccc(-c2cc3nc(C)cc(N4CCOCC4)n3n2)c1. The molecule has 1 fully saturated rings. The summed E-state index contributed by atoms with van der Waals surface area (Å²) in [5.74, 6) is 1.89. The zero-order chi connectivity index (χ0) is 16.5. The Morgan fingerprint density at radius 3 is 2.75 bits per heavy atom. The number of nitrogens with zero attached hydrogens (tertiary/aromatic N) is 4. The van der Waals surface area contributed by atoms with Crippen LogP contribution in [0.25, 0.3) is 16.9 Å². The molecule has 0 N–H and O–H groups in total. The molecule has 124 valence electrons. The summed E-state index contributed by atoms with van der Waals surface area (Å²) in [4.78, 5) is 6.93. The second-order valence-corrected chi connectivity index (χ2v) is 5.89. The van der Waals surface area contributed by atoms with Crippen molar-refractivity contribution in [3.63, 3.8) is 0 Å². The first kappa shape index (κ1) is 15.0. The molecule has 0 saturated carbocycles. The van der Waals surface area contributed by atoms with E-state index in [1.54, 1.807) is 7.11 Å². The maximum absolute atomic E-state index is 5.46. The Balaban J connectivity index is 1.82. The lowest BCUT2D eigenvalue weighted by Gasteiger charge is -2.29. The van der Waals surface area contributed by atoms with Crippen LogP contribution >= 0.6 is 0 Å². The molecule has 0 unspecified atom stereocenters. The van der Waals surface area contributed by atoms with Gasteiger partial charge in [-0.15, -0.1) is 0 Å². The summed E-state index contributed by atoms with van der Waals surface area (Å²) in [6, 6.07) is 12.0. The zero-order valence-electron chi connectivity index (χ0n) is 13.9. The van der Waals surface area contributed by atoms with Crippen LogP contribution in [0.15, 0.2) is 36.4 Å². The number of ether oxygens (including phenoxy) is 2. The highest BCUT2D eigenvalue weighted by molar-refractivity contribution is 5.67. The van der Waals surface area contributed by atoms with Gasteiger partial charge in [-0.2, -0.15) is 9.61 Å². The molecule has 2 aromatic heterocycles. The molecule has 0 amide bonds. The summed E-state index contributed by atoms with van der Waals surface area (Å²) in [6.07, 6.45) is 0. The van der Waals surface area contributed by atoms with Gasteiger partial charge in [0.2, 0.25) is 0 Å². The molecule has 0 radical (unpaired) electrons. The molecule has 0 bridgehead atoms. The van der Waals surface area contributed by atoms with Crippen LogP contribution < -0.4 is 9.64 Å². The highest BCUT2D eigenvalue weighted by Gasteiger charge is 2.17. The Labute approximate surface area is 140 Å². The van der Waals surface area contributed by atoms with E-state index in [1.165, 1.54) is 0 Å². The molecule has 0 aliphatic carbocycles. The first-order valence-electron chi connectivity index (χ1n) is 8.09. The first-order valence-corrected chi connectivity index (χ1v) is 8.09. The number of aryl methyl sites for hydroxylation is 1. The van der Waals surface area contributed by atoms with E-state index in [1.807, 2.05) is 41.8 Å². The number of anilines is 1. The van der Waals surface area contributed by atoms with Crippen LogP contribution in [0.1, 0.15) is 5.69 Å². The quantitative estimate of drug-likeness (QED) is 0.741. The van der Waals surface area contributed by atoms with Crippen LogP contribution in [0.2, 0.25) is 0 Å². The number of aromatic nitrogens is 3.